The van der Waals surface area contributed by atoms with Gasteiger partial charge in [0.2, 0.25) is 0 Å². The van der Waals surface area contributed by atoms with Gasteiger partial charge in [-0.05, 0) is 11.0 Å². The van der Waals surface area contributed by atoms with Crippen molar-refractivity contribution in [2.75, 3.05) is 0 Å². The first kappa shape index (κ1) is 124. The van der Waals surface area contributed by atoms with Crippen molar-refractivity contribution in [3.63, 3.8) is 0 Å². The third-order valence-electron chi connectivity index (χ3n) is 0. The van der Waals surface area contributed by atoms with Crippen molar-refractivity contribution < 1.29 is 80.6 Å². The first-order valence-corrected chi connectivity index (χ1v) is 0. The van der Waals surface area contributed by atoms with Gasteiger partial charge in [0, 0.05) is 18.6 Å². The first-order chi connectivity index (χ1) is 0. The molecule has 0 heterocycles. The first-order valence-electron chi connectivity index (χ1n) is 0. The maximum atomic E-state index is 0. The Morgan fingerprint density at radius 2 is 0.429 bits per heavy atom. The molecule has 0 spiro atoms. The quantitative estimate of drug-likeness (QED) is 0.380. The van der Waals surface area contributed by atoms with Crippen LogP contribution in [0.2, 0.25) is 0 Å². The van der Waals surface area contributed by atoms with Crippen molar-refractivity contribution in [3.05, 3.63) is 0 Å². The van der Waals surface area contributed by atoms with Crippen LogP contribution in [-0.2, 0) is 18.6 Å². The fourth-order valence-electron chi connectivity index (χ4n) is 0. The molecule has 0 N–H and O–H groups in total. The summed E-state index contributed by atoms with van der Waals surface area (Å²) in [5.41, 5.74) is 0. The van der Waals surface area contributed by atoms with Crippen LogP contribution in [0, 0.1) is 0 Å². The molecule has 7 heteroatoms. The molecular weight excluding hydrogens is 256 g/mol. The summed E-state index contributed by atoms with van der Waals surface area (Å²) in [6, 6.07) is 0. The predicted molar refractivity (Wildman–Crippen MR) is 11.3 cm³/mol. The van der Waals surface area contributed by atoms with Gasteiger partial charge in [0.1, 0.15) is 0 Å². The molecular formula is H4Cl5SiV-5. The third kappa shape index (κ3) is 63.6. The second kappa shape index (κ2) is 85.6. The summed E-state index contributed by atoms with van der Waals surface area (Å²) in [6.45, 7) is 0. The number of hydrogen-bond donors (Lipinski definition) is 0. The molecule has 0 amide bonds. The van der Waals surface area contributed by atoms with Gasteiger partial charge in [0.05, 0.1) is 0 Å². The van der Waals surface area contributed by atoms with Crippen molar-refractivity contribution in [2.45, 2.75) is 0 Å². The molecule has 0 aromatic heterocycles. The Labute approximate surface area is 90.9 Å². The standard InChI is InChI=1S/5ClH.H4Si.V/h5*1H;1H4;/p-5. The number of rotatable bonds is 0. The molecule has 0 rings (SSSR count). The van der Waals surface area contributed by atoms with Crippen molar-refractivity contribution in [2.24, 2.45) is 0 Å². The van der Waals surface area contributed by atoms with Gasteiger partial charge in [-0.1, -0.05) is 0 Å². The molecule has 1 radical (unpaired) electrons. The maximum absolute atomic E-state index is 0. The van der Waals surface area contributed by atoms with E-state index in [9.17, 15) is 0 Å². The van der Waals surface area contributed by atoms with Gasteiger partial charge >= 0.3 is 0 Å². The van der Waals surface area contributed by atoms with Gasteiger partial charge in [-0.2, -0.15) is 0 Å². The number of hydrogen-bond acceptors (Lipinski definition) is 0. The second-order valence-corrected chi connectivity index (χ2v) is 0. The SMILES string of the molecule is [Cl-].[Cl-].[Cl-].[Cl-].[Cl-].[SiH4].[V]. The fourth-order valence-corrected chi connectivity index (χ4v) is 0. The van der Waals surface area contributed by atoms with Crippen LogP contribution >= 0.6 is 0 Å². The van der Waals surface area contributed by atoms with Crippen LogP contribution < -0.4 is 62.0 Å². The van der Waals surface area contributed by atoms with E-state index in [1.807, 2.05) is 0 Å². The minimum absolute atomic E-state index is 0. The van der Waals surface area contributed by atoms with E-state index >= 15 is 0 Å². The molecule has 0 nitrogen and oxygen atoms in total. The molecule has 0 saturated carbocycles. The van der Waals surface area contributed by atoms with Gasteiger partial charge in [-0.15, -0.1) is 0 Å². The van der Waals surface area contributed by atoms with Gasteiger partial charge in [0.15, 0.2) is 0 Å². The molecule has 0 saturated heterocycles. The van der Waals surface area contributed by atoms with Crippen LogP contribution in [0.1, 0.15) is 0 Å². The zero-order valence-corrected chi connectivity index (χ0v) is 7.51. The summed E-state index contributed by atoms with van der Waals surface area (Å²) in [5, 5.41) is 0. The van der Waals surface area contributed by atoms with Crippen LogP contribution in [0.3, 0.4) is 0 Å². The van der Waals surface area contributed by atoms with Gasteiger partial charge in [-0.3, -0.25) is 0 Å². The zero-order valence-electron chi connectivity index (χ0n) is 2.34. The fraction of sp³-hybridized carbons (Fsp3) is 0. The molecule has 0 fully saturated rings. The van der Waals surface area contributed by atoms with Crippen LogP contribution in [0.5, 0.6) is 0 Å². The van der Waals surface area contributed by atoms with Crippen molar-refractivity contribution in [3.8, 4) is 0 Å². The molecule has 0 aliphatic carbocycles. The Morgan fingerprint density at radius 3 is 0.429 bits per heavy atom. The Morgan fingerprint density at radius 1 is 0.429 bits per heavy atom. The van der Waals surface area contributed by atoms with Gasteiger partial charge in [-0.25, -0.2) is 0 Å². The maximum Gasteiger partial charge on any atom is 0 e. The molecule has 0 unspecified atom stereocenters. The molecule has 0 aromatic rings. The molecule has 0 aromatic carbocycles. The zero-order chi connectivity index (χ0) is 0. The summed E-state index contributed by atoms with van der Waals surface area (Å²) in [6.07, 6.45) is 0. The van der Waals surface area contributed by atoms with Gasteiger partial charge < -0.3 is 62.0 Å². The number of halogens is 5. The molecule has 53 valence electrons. The summed E-state index contributed by atoms with van der Waals surface area (Å²) in [4.78, 5) is 0. The van der Waals surface area contributed by atoms with E-state index in [1.54, 1.807) is 0 Å². The van der Waals surface area contributed by atoms with E-state index in [0.29, 0.717) is 0 Å². The molecule has 0 bridgehead atoms. The van der Waals surface area contributed by atoms with Crippen LogP contribution in [0.4, 0.5) is 0 Å². The van der Waals surface area contributed by atoms with E-state index in [1.165, 1.54) is 0 Å². The largest absolute Gasteiger partial charge is 1.00 e. The monoisotopic (exact) mass is 258 g/mol. The van der Waals surface area contributed by atoms with E-state index in [4.69, 9.17) is 0 Å². The van der Waals surface area contributed by atoms with Crippen LogP contribution in [0.25, 0.3) is 0 Å². The van der Waals surface area contributed by atoms with E-state index < -0.39 is 0 Å². The molecule has 0 aliphatic heterocycles. The smallest absolute Gasteiger partial charge is 0 e. The average Bonchev–Trinajstić information content (AvgIpc) is 0. The van der Waals surface area contributed by atoms with Crippen molar-refractivity contribution >= 4 is 11.0 Å². The molecule has 0 atom stereocenters. The van der Waals surface area contributed by atoms with Crippen molar-refractivity contribution in [1.29, 1.82) is 0 Å². The minimum Gasteiger partial charge on any atom is -1.00 e. The van der Waals surface area contributed by atoms with Gasteiger partial charge in [0.25, 0.3) is 0 Å². The second-order valence-electron chi connectivity index (χ2n) is 0. The summed E-state index contributed by atoms with van der Waals surface area (Å²) >= 11 is 0. The van der Waals surface area contributed by atoms with E-state index in [2.05, 4.69) is 0 Å². The summed E-state index contributed by atoms with van der Waals surface area (Å²) < 4.78 is 0. The Kier molecular flexibility index (Phi) is 1520. The van der Waals surface area contributed by atoms with Crippen LogP contribution in [-0.4, -0.2) is 11.0 Å². The molecule has 0 aliphatic rings. The van der Waals surface area contributed by atoms with Crippen molar-refractivity contribution in [1.82, 2.24) is 0 Å². The summed E-state index contributed by atoms with van der Waals surface area (Å²) in [7, 11) is 0. The van der Waals surface area contributed by atoms with Crippen LogP contribution in [0.15, 0.2) is 0 Å². The van der Waals surface area contributed by atoms with E-state index in [-0.39, 0.29) is 91.6 Å². The Balaban J connectivity index is 0. The average molecular weight is 260 g/mol. The summed E-state index contributed by atoms with van der Waals surface area (Å²) in [5.74, 6) is 0. The minimum atomic E-state index is 0. The normalized spacial score (nSPS) is 0. The van der Waals surface area contributed by atoms with E-state index in [0.717, 1.165) is 0 Å². The molecule has 7 heavy (non-hydrogen) atoms. The Hall–Kier alpha value is 2.25. The Bertz CT molecular complexity index is 8.04. The topological polar surface area (TPSA) is 0 Å². The predicted octanol–water partition coefficient (Wildman–Crippen LogP) is -16.4. The third-order valence-corrected chi connectivity index (χ3v) is 0.